The minimum Gasteiger partial charge on any atom is -0.348 e. The van der Waals surface area contributed by atoms with Gasteiger partial charge in [-0.2, -0.15) is 0 Å². The highest BCUT2D eigenvalue weighted by molar-refractivity contribution is 6.30. The lowest BCUT2D eigenvalue weighted by Gasteiger charge is -2.47. The van der Waals surface area contributed by atoms with Gasteiger partial charge in [0.25, 0.3) is 5.91 Å². The number of aromatic nitrogens is 2. The lowest BCUT2D eigenvalue weighted by atomic mass is 9.81. The summed E-state index contributed by atoms with van der Waals surface area (Å²) in [6.45, 7) is 7.52. The Balaban J connectivity index is 1.77. The van der Waals surface area contributed by atoms with Gasteiger partial charge in [-0.05, 0) is 37.0 Å². The fraction of sp³-hybridized carbons (Fsp3) is 0.321. The molecule has 0 saturated carbocycles. The van der Waals surface area contributed by atoms with Crippen molar-refractivity contribution >= 4 is 49.5 Å². The second-order valence-corrected chi connectivity index (χ2v) is 10.4. The van der Waals surface area contributed by atoms with Crippen molar-refractivity contribution in [2.75, 3.05) is 0 Å². The van der Waals surface area contributed by atoms with Crippen molar-refractivity contribution in [3.8, 4) is 0 Å². The molecule has 0 unspecified atom stereocenters. The number of ether oxygens (including phenoxy) is 1. The number of amides is 1. The molecule has 3 aliphatic rings. The third-order valence-corrected chi connectivity index (χ3v) is 8.89. The third-order valence-electron chi connectivity index (χ3n) is 8.89. The molecule has 1 amide bonds. The first-order valence-electron chi connectivity index (χ1n) is 12.0. The first-order chi connectivity index (χ1) is 16.0. The molecule has 33 heavy (non-hydrogen) atoms. The molecule has 1 fully saturated rings. The number of hydrogen-bond acceptors (Lipinski definition) is 2. The van der Waals surface area contributed by atoms with Crippen LogP contribution in [0.3, 0.4) is 0 Å². The number of hydrogen-bond donors (Lipinski definition) is 1. The Hall–Kier alpha value is -3.31. The second-order valence-electron chi connectivity index (χ2n) is 10.4. The summed E-state index contributed by atoms with van der Waals surface area (Å²) in [6, 6.07) is 17.2. The van der Waals surface area contributed by atoms with Gasteiger partial charge in [0.15, 0.2) is 0 Å². The van der Waals surface area contributed by atoms with Gasteiger partial charge in [-0.25, -0.2) is 0 Å². The van der Waals surface area contributed by atoms with Gasteiger partial charge in [0.05, 0.1) is 27.6 Å². The summed E-state index contributed by atoms with van der Waals surface area (Å²) in [5, 5.41) is 7.76. The normalized spacial score (nSPS) is 28.2. The van der Waals surface area contributed by atoms with Crippen molar-refractivity contribution in [3.05, 3.63) is 59.7 Å². The number of nitrogens with zero attached hydrogens (tertiary/aromatic N) is 2. The molecule has 5 heterocycles. The molecule has 3 aliphatic heterocycles. The van der Waals surface area contributed by atoms with E-state index in [0.29, 0.717) is 18.4 Å². The number of rotatable bonds is 0. The summed E-state index contributed by atoms with van der Waals surface area (Å²) in [4.78, 5) is 13.3. The summed E-state index contributed by atoms with van der Waals surface area (Å²) in [5.41, 5.74) is 6.18. The Bertz CT molecular complexity index is 1710. The molecule has 0 aliphatic carbocycles. The molecule has 5 heteroatoms. The lowest BCUT2D eigenvalue weighted by molar-refractivity contribution is -0.231. The molecule has 8 rings (SSSR count). The topological polar surface area (TPSA) is 48.2 Å². The van der Waals surface area contributed by atoms with Crippen LogP contribution >= 0.6 is 0 Å². The van der Waals surface area contributed by atoms with Gasteiger partial charge >= 0.3 is 0 Å². The van der Waals surface area contributed by atoms with Crippen molar-refractivity contribution in [1.82, 2.24) is 14.5 Å². The largest absolute Gasteiger partial charge is 0.348 e. The van der Waals surface area contributed by atoms with Gasteiger partial charge in [0.1, 0.15) is 12.0 Å². The fourth-order valence-corrected chi connectivity index (χ4v) is 7.13. The quantitative estimate of drug-likeness (QED) is 0.323. The Kier molecular flexibility index (Phi) is 3.08. The summed E-state index contributed by atoms with van der Waals surface area (Å²) < 4.78 is 12.0. The van der Waals surface area contributed by atoms with Crippen LogP contribution in [-0.2, 0) is 17.0 Å². The number of benzene rings is 3. The van der Waals surface area contributed by atoms with E-state index in [2.05, 4.69) is 83.8 Å². The van der Waals surface area contributed by atoms with E-state index in [1.165, 1.54) is 21.8 Å². The molecule has 2 aromatic heterocycles. The van der Waals surface area contributed by atoms with E-state index in [1.54, 1.807) is 0 Å². The van der Waals surface area contributed by atoms with E-state index in [1.807, 2.05) is 0 Å². The number of fused-ring (bicyclic) bond motifs is 13. The molecule has 0 radical (unpaired) electrons. The smallest absolute Gasteiger partial charge is 0.252 e. The zero-order valence-corrected chi connectivity index (χ0v) is 19.0. The highest BCUT2D eigenvalue weighted by Crippen LogP contribution is 2.55. The van der Waals surface area contributed by atoms with Crippen molar-refractivity contribution in [2.45, 2.75) is 45.7 Å². The van der Waals surface area contributed by atoms with Crippen LogP contribution in [0.15, 0.2) is 48.5 Å². The van der Waals surface area contributed by atoms with Crippen LogP contribution in [-0.4, -0.2) is 15.0 Å². The minimum atomic E-state index is -0.485. The zero-order chi connectivity index (χ0) is 22.2. The Labute approximate surface area is 190 Å². The Morgan fingerprint density at radius 3 is 2.45 bits per heavy atom. The first kappa shape index (κ1) is 18.2. The summed E-state index contributed by atoms with van der Waals surface area (Å²) in [6.07, 6.45) is 0.880. The van der Waals surface area contributed by atoms with Crippen LogP contribution in [0.1, 0.15) is 49.3 Å². The van der Waals surface area contributed by atoms with Crippen molar-refractivity contribution in [3.63, 3.8) is 0 Å². The van der Waals surface area contributed by atoms with Crippen LogP contribution in [0.5, 0.6) is 0 Å². The average Bonchev–Trinajstić information content (AvgIpc) is 3.45. The van der Waals surface area contributed by atoms with Gasteiger partial charge in [-0.3, -0.25) is 4.79 Å². The first-order valence-corrected chi connectivity index (χ1v) is 12.0. The Morgan fingerprint density at radius 1 is 0.970 bits per heavy atom. The molecule has 4 atom stereocenters. The monoisotopic (exact) mass is 435 g/mol. The molecule has 3 aromatic carbocycles. The van der Waals surface area contributed by atoms with Gasteiger partial charge in [-0.15, -0.1) is 0 Å². The number of carbonyl (C=O) groups is 1. The average molecular weight is 436 g/mol. The number of carbonyl (C=O) groups excluding carboxylic acids is 1. The summed E-state index contributed by atoms with van der Waals surface area (Å²) in [5.74, 6) is 0.866. The van der Waals surface area contributed by atoms with Crippen LogP contribution < -0.4 is 5.32 Å². The van der Waals surface area contributed by atoms with E-state index < -0.39 is 5.72 Å². The molecule has 5 aromatic rings. The maximum Gasteiger partial charge on any atom is 0.252 e. The molecule has 1 saturated heterocycles. The standard InChI is InChI=1S/C28H25N3O2/c1-14-12-21-30-19-10-6-4-8-16(19)23-24-18(13-29-27(24)32)22-17-9-5-7-11-20(17)31(26(22)25(23)30)28(3,33-21)15(14)2/h4-11,14-15,21H,12-13H2,1-3H3,(H,29,32)/t14-,15-,21+,28-/m0/s1. The predicted molar refractivity (Wildman–Crippen MR) is 130 cm³/mol. The highest BCUT2D eigenvalue weighted by Gasteiger charge is 2.49. The number of nitrogens with one attached hydrogen (secondary N) is 1. The molecular formula is C28H25N3O2. The molecule has 2 bridgehead atoms. The van der Waals surface area contributed by atoms with E-state index >= 15 is 0 Å². The van der Waals surface area contributed by atoms with Crippen molar-refractivity contribution in [2.24, 2.45) is 11.8 Å². The van der Waals surface area contributed by atoms with Crippen molar-refractivity contribution < 1.29 is 9.53 Å². The molecule has 5 nitrogen and oxygen atoms in total. The third kappa shape index (κ3) is 1.86. The molecule has 0 spiro atoms. The predicted octanol–water partition coefficient (Wildman–Crippen LogP) is 6.02. The van der Waals surface area contributed by atoms with Gasteiger partial charge < -0.3 is 19.2 Å². The molecule has 1 N–H and O–H groups in total. The molecular weight excluding hydrogens is 410 g/mol. The fourth-order valence-electron chi connectivity index (χ4n) is 7.13. The van der Waals surface area contributed by atoms with Gasteiger partial charge in [0.2, 0.25) is 0 Å². The van der Waals surface area contributed by atoms with Gasteiger partial charge in [0, 0.05) is 34.0 Å². The lowest BCUT2D eigenvalue weighted by Crippen LogP contribution is -2.47. The van der Waals surface area contributed by atoms with Crippen LogP contribution in [0.25, 0.3) is 43.6 Å². The highest BCUT2D eigenvalue weighted by atomic mass is 16.5. The Morgan fingerprint density at radius 2 is 1.67 bits per heavy atom. The zero-order valence-electron chi connectivity index (χ0n) is 19.0. The van der Waals surface area contributed by atoms with Crippen molar-refractivity contribution in [1.29, 1.82) is 0 Å². The van der Waals surface area contributed by atoms with E-state index in [4.69, 9.17) is 4.74 Å². The van der Waals surface area contributed by atoms with Crippen LogP contribution in [0.2, 0.25) is 0 Å². The minimum absolute atomic E-state index is 0.0349. The van der Waals surface area contributed by atoms with Gasteiger partial charge in [-0.1, -0.05) is 50.2 Å². The van der Waals surface area contributed by atoms with Crippen LogP contribution in [0.4, 0.5) is 0 Å². The van der Waals surface area contributed by atoms with E-state index in [9.17, 15) is 4.79 Å². The maximum absolute atomic E-state index is 13.3. The SMILES string of the molecule is C[C@H]1C[C@H]2O[C@@](C)([C@H]1C)n1c3ccccc3c3c4c(c5c6ccccc6n2c5c31)C(=O)NC4. The molecule has 164 valence electrons. The van der Waals surface area contributed by atoms with Crippen LogP contribution in [0, 0.1) is 11.8 Å². The number of para-hydroxylation sites is 2. The summed E-state index contributed by atoms with van der Waals surface area (Å²) >= 11 is 0. The summed E-state index contributed by atoms with van der Waals surface area (Å²) in [7, 11) is 0. The van der Waals surface area contributed by atoms with E-state index in [0.717, 1.165) is 39.4 Å². The second kappa shape index (κ2) is 5.60. The maximum atomic E-state index is 13.3. The van der Waals surface area contributed by atoms with E-state index in [-0.39, 0.29) is 12.1 Å².